The van der Waals surface area contributed by atoms with Crippen LogP contribution in [0.4, 0.5) is 23.2 Å². The van der Waals surface area contributed by atoms with Gasteiger partial charge in [0.25, 0.3) is 5.78 Å². The first-order chi connectivity index (χ1) is 9.45. The lowest BCUT2D eigenvalue weighted by atomic mass is 10.1. The van der Waals surface area contributed by atoms with Crippen molar-refractivity contribution in [3.8, 4) is 5.75 Å². The number of Topliss-reactive ketones (excluding diaryl/α,β-unsaturated/α-hetero) is 1. The molecule has 0 aliphatic heterocycles. The van der Waals surface area contributed by atoms with E-state index >= 15 is 0 Å². The Hall–Kier alpha value is -2.44. The van der Waals surface area contributed by atoms with Gasteiger partial charge < -0.3 is 4.74 Å². The van der Waals surface area contributed by atoms with Crippen molar-refractivity contribution in [1.82, 2.24) is 0 Å². The summed E-state index contributed by atoms with van der Waals surface area (Å²) in [7, 11) is 1.37. The van der Waals surface area contributed by atoms with Crippen molar-refractivity contribution in [2.75, 3.05) is 7.11 Å². The summed E-state index contributed by atoms with van der Waals surface area (Å²) in [5, 5.41) is 0. The van der Waals surface area contributed by atoms with E-state index in [1.54, 1.807) is 6.07 Å². The Bertz CT molecular complexity index is 647. The summed E-state index contributed by atoms with van der Waals surface area (Å²) >= 11 is 0. The first-order valence-corrected chi connectivity index (χ1v) is 5.34. The molecule has 20 heavy (non-hydrogen) atoms. The fourth-order valence-corrected chi connectivity index (χ4v) is 1.51. The molecule has 0 bridgehead atoms. The Balaban J connectivity index is 2.54. The van der Waals surface area contributed by atoms with Crippen LogP contribution in [-0.2, 0) is 4.79 Å². The predicted molar refractivity (Wildman–Crippen MR) is 63.6 cm³/mol. The van der Waals surface area contributed by atoms with Gasteiger partial charge in [0.1, 0.15) is 11.5 Å². The number of nitrogens with zero attached hydrogens (tertiary/aromatic N) is 1. The number of methoxy groups -OCH3 is 1. The molecule has 0 fully saturated rings. The number of aliphatic imine (C=N–C) groups is 1. The van der Waals surface area contributed by atoms with Crippen molar-refractivity contribution in [2.45, 2.75) is 0 Å². The maximum absolute atomic E-state index is 13.5. The number of ketones is 1. The number of ether oxygens (including phenoxy) is 1. The van der Waals surface area contributed by atoms with Crippen molar-refractivity contribution in [1.29, 1.82) is 0 Å². The minimum absolute atomic E-state index is 0.0135. The molecule has 1 aliphatic rings. The van der Waals surface area contributed by atoms with Gasteiger partial charge in [-0.05, 0) is 12.1 Å². The highest BCUT2D eigenvalue weighted by atomic mass is 19.2. The highest BCUT2D eigenvalue weighted by Crippen LogP contribution is 2.31. The molecule has 0 saturated carbocycles. The number of allylic oxidation sites excluding steroid dienone is 4. The van der Waals surface area contributed by atoms with E-state index in [-0.39, 0.29) is 5.69 Å². The fourth-order valence-electron chi connectivity index (χ4n) is 1.51. The second kappa shape index (κ2) is 5.28. The van der Waals surface area contributed by atoms with Crippen LogP contribution in [-0.4, -0.2) is 18.6 Å². The fraction of sp³-hybridized carbons (Fsp3) is 0.0769. The molecular weight excluding hydrogens is 278 g/mol. The van der Waals surface area contributed by atoms with E-state index in [0.29, 0.717) is 5.75 Å². The largest absolute Gasteiger partial charge is 0.497 e. The second-order valence-electron chi connectivity index (χ2n) is 3.75. The molecule has 0 heterocycles. The minimum Gasteiger partial charge on any atom is -0.497 e. The summed E-state index contributed by atoms with van der Waals surface area (Å²) in [6, 6.07) is 5.68. The molecule has 0 amide bonds. The van der Waals surface area contributed by atoms with E-state index in [1.165, 1.54) is 25.3 Å². The molecule has 1 aromatic rings. The number of rotatable bonds is 2. The average molecular weight is 285 g/mol. The van der Waals surface area contributed by atoms with Crippen LogP contribution in [0.15, 0.2) is 52.6 Å². The quantitative estimate of drug-likeness (QED) is 0.614. The zero-order valence-electron chi connectivity index (χ0n) is 10.1. The van der Waals surface area contributed by atoms with E-state index < -0.39 is 34.8 Å². The lowest BCUT2D eigenvalue weighted by Crippen LogP contribution is -2.17. The molecule has 0 unspecified atom stereocenters. The van der Waals surface area contributed by atoms with Crippen molar-refractivity contribution < 1.29 is 27.1 Å². The van der Waals surface area contributed by atoms with Crippen molar-refractivity contribution in [3.05, 3.63) is 47.6 Å². The monoisotopic (exact) mass is 285 g/mol. The molecule has 0 aromatic heterocycles. The lowest BCUT2D eigenvalue weighted by molar-refractivity contribution is -0.115. The third kappa shape index (κ3) is 2.34. The standard InChI is InChI=1S/C13H7F4NO2/c1-20-7-4-2-3-6(5-7)18-12-8(14)10(16)13(19)11(17)9(12)15/h2-5H,1H3. The molecule has 0 atom stereocenters. The van der Waals surface area contributed by atoms with E-state index in [9.17, 15) is 22.4 Å². The van der Waals surface area contributed by atoms with Crippen LogP contribution < -0.4 is 4.74 Å². The smallest absolute Gasteiger partial charge is 0.255 e. The van der Waals surface area contributed by atoms with Crippen molar-refractivity contribution in [3.63, 3.8) is 0 Å². The maximum atomic E-state index is 13.5. The molecule has 2 rings (SSSR count). The summed E-state index contributed by atoms with van der Waals surface area (Å²) in [5.41, 5.74) is -1.19. The zero-order chi connectivity index (χ0) is 14.9. The van der Waals surface area contributed by atoms with Gasteiger partial charge in [-0.3, -0.25) is 4.79 Å². The molecule has 0 radical (unpaired) electrons. The van der Waals surface area contributed by atoms with Gasteiger partial charge in [0, 0.05) is 6.07 Å². The number of benzene rings is 1. The van der Waals surface area contributed by atoms with E-state index in [0.717, 1.165) is 0 Å². The van der Waals surface area contributed by atoms with E-state index in [4.69, 9.17) is 4.74 Å². The van der Waals surface area contributed by atoms with Crippen molar-refractivity contribution >= 4 is 17.2 Å². The summed E-state index contributed by atoms with van der Waals surface area (Å²) in [4.78, 5) is 14.3. The van der Waals surface area contributed by atoms with Crippen LogP contribution in [0.5, 0.6) is 5.75 Å². The van der Waals surface area contributed by atoms with Crippen LogP contribution in [0.1, 0.15) is 0 Å². The SMILES string of the molecule is COc1cccc(N=C2C(F)=C(F)C(=O)C(F)=C2F)c1. The van der Waals surface area contributed by atoms with Gasteiger partial charge >= 0.3 is 0 Å². The number of carbonyl (C=O) groups is 1. The molecule has 104 valence electrons. The number of halogens is 4. The van der Waals surface area contributed by atoms with Crippen LogP contribution in [0.3, 0.4) is 0 Å². The van der Waals surface area contributed by atoms with Crippen LogP contribution >= 0.6 is 0 Å². The average Bonchev–Trinajstić information content (AvgIpc) is 2.48. The number of carbonyl (C=O) groups excluding carboxylic acids is 1. The summed E-state index contributed by atoms with van der Waals surface area (Å²) in [6.07, 6.45) is 0. The van der Waals surface area contributed by atoms with Crippen LogP contribution in [0, 0.1) is 0 Å². The first kappa shape index (κ1) is 14.0. The number of hydrogen-bond acceptors (Lipinski definition) is 3. The first-order valence-electron chi connectivity index (χ1n) is 5.34. The maximum Gasteiger partial charge on any atom is 0.255 e. The van der Waals surface area contributed by atoms with Gasteiger partial charge in [-0.1, -0.05) is 6.07 Å². The summed E-state index contributed by atoms with van der Waals surface area (Å²) in [6.45, 7) is 0. The summed E-state index contributed by atoms with van der Waals surface area (Å²) in [5.74, 6) is -9.32. The van der Waals surface area contributed by atoms with Gasteiger partial charge in [-0.2, -0.15) is 8.78 Å². The normalized spacial score (nSPS) is 15.8. The van der Waals surface area contributed by atoms with Gasteiger partial charge in [0.05, 0.1) is 12.8 Å². The molecule has 1 aliphatic carbocycles. The topological polar surface area (TPSA) is 38.7 Å². The van der Waals surface area contributed by atoms with Gasteiger partial charge in [-0.25, -0.2) is 13.8 Å². The molecule has 0 saturated heterocycles. The molecule has 0 spiro atoms. The third-order valence-electron chi connectivity index (χ3n) is 2.49. The highest BCUT2D eigenvalue weighted by molar-refractivity contribution is 6.24. The van der Waals surface area contributed by atoms with Crippen LogP contribution in [0.25, 0.3) is 0 Å². The highest BCUT2D eigenvalue weighted by Gasteiger charge is 2.35. The molecular formula is C13H7F4NO2. The van der Waals surface area contributed by atoms with E-state index in [1.807, 2.05) is 0 Å². The Morgan fingerprint density at radius 2 is 1.60 bits per heavy atom. The van der Waals surface area contributed by atoms with Crippen molar-refractivity contribution in [2.24, 2.45) is 4.99 Å². The van der Waals surface area contributed by atoms with Gasteiger partial charge in [-0.15, -0.1) is 0 Å². The predicted octanol–water partition coefficient (Wildman–Crippen LogP) is 3.65. The summed E-state index contributed by atoms with van der Waals surface area (Å²) < 4.78 is 58.0. The van der Waals surface area contributed by atoms with Gasteiger partial charge in [0.2, 0.25) is 11.7 Å². The van der Waals surface area contributed by atoms with Crippen LogP contribution in [0.2, 0.25) is 0 Å². The Labute approximate surface area is 110 Å². The molecule has 7 heteroatoms. The lowest BCUT2D eigenvalue weighted by Gasteiger charge is -2.09. The minimum atomic E-state index is -2.01. The van der Waals surface area contributed by atoms with Gasteiger partial charge in [0.15, 0.2) is 11.7 Å². The Kier molecular flexibility index (Phi) is 3.69. The molecule has 3 nitrogen and oxygen atoms in total. The zero-order valence-corrected chi connectivity index (χ0v) is 10.1. The molecule has 0 N–H and O–H groups in total. The number of hydrogen-bond donors (Lipinski definition) is 0. The Morgan fingerprint density at radius 3 is 2.15 bits per heavy atom. The second-order valence-corrected chi connectivity index (χ2v) is 3.75. The third-order valence-corrected chi connectivity index (χ3v) is 2.49. The Morgan fingerprint density at radius 1 is 1.00 bits per heavy atom. The van der Waals surface area contributed by atoms with E-state index in [2.05, 4.69) is 4.99 Å². The molecule has 1 aromatic carbocycles.